The van der Waals surface area contributed by atoms with Crippen LogP contribution in [0.2, 0.25) is 5.02 Å². The predicted molar refractivity (Wildman–Crippen MR) is 99.1 cm³/mol. The molecule has 0 aliphatic carbocycles. The Kier molecular flexibility index (Phi) is 6.42. The summed E-state index contributed by atoms with van der Waals surface area (Å²) < 4.78 is 5.10. The van der Waals surface area contributed by atoms with Gasteiger partial charge >= 0.3 is 0 Å². The van der Waals surface area contributed by atoms with Gasteiger partial charge in [0.25, 0.3) is 0 Å². The van der Waals surface area contributed by atoms with E-state index in [0.717, 1.165) is 16.9 Å². The molecule has 0 aliphatic rings. The Morgan fingerprint density at radius 3 is 2.44 bits per heavy atom. The van der Waals surface area contributed by atoms with Gasteiger partial charge in [-0.3, -0.25) is 9.59 Å². The lowest BCUT2D eigenvalue weighted by atomic mass is 10.1. The Morgan fingerprint density at radius 2 is 1.84 bits per heavy atom. The Labute approximate surface area is 152 Å². The summed E-state index contributed by atoms with van der Waals surface area (Å²) in [7, 11) is 1.60. The zero-order valence-electron chi connectivity index (χ0n) is 14.5. The third kappa shape index (κ3) is 4.97. The Bertz CT molecular complexity index is 760. The number of methoxy groups -OCH3 is 1. The van der Waals surface area contributed by atoms with Gasteiger partial charge in [-0.05, 0) is 42.3 Å². The highest BCUT2D eigenvalue weighted by atomic mass is 35.5. The summed E-state index contributed by atoms with van der Waals surface area (Å²) in [5.74, 6) is 0.296. The number of rotatable bonds is 6. The van der Waals surface area contributed by atoms with E-state index in [1.54, 1.807) is 25.3 Å². The van der Waals surface area contributed by atoms with Gasteiger partial charge in [0.15, 0.2) is 0 Å². The van der Waals surface area contributed by atoms with Gasteiger partial charge in [0, 0.05) is 24.2 Å². The SMILES string of the molecule is COc1ccc(CNC(=O)CN(C(C)=O)c2cccc(Cl)c2C)cc1. The van der Waals surface area contributed by atoms with Crippen molar-refractivity contribution in [2.45, 2.75) is 20.4 Å². The summed E-state index contributed by atoms with van der Waals surface area (Å²) in [5.41, 5.74) is 2.35. The number of benzene rings is 2. The van der Waals surface area contributed by atoms with Crippen molar-refractivity contribution in [2.24, 2.45) is 0 Å². The van der Waals surface area contributed by atoms with Crippen LogP contribution in [-0.2, 0) is 16.1 Å². The molecule has 6 heteroatoms. The summed E-state index contributed by atoms with van der Waals surface area (Å²) >= 11 is 6.12. The van der Waals surface area contributed by atoms with Crippen molar-refractivity contribution in [3.63, 3.8) is 0 Å². The molecule has 0 aromatic heterocycles. The van der Waals surface area contributed by atoms with Gasteiger partial charge in [-0.25, -0.2) is 0 Å². The van der Waals surface area contributed by atoms with Gasteiger partial charge in [-0.15, -0.1) is 0 Å². The average molecular weight is 361 g/mol. The van der Waals surface area contributed by atoms with Gasteiger partial charge in [0.2, 0.25) is 11.8 Å². The first-order valence-corrected chi connectivity index (χ1v) is 8.23. The summed E-state index contributed by atoms with van der Waals surface area (Å²) in [6, 6.07) is 12.7. The van der Waals surface area contributed by atoms with Crippen LogP contribution in [0.15, 0.2) is 42.5 Å². The molecule has 0 spiro atoms. The molecule has 0 fully saturated rings. The molecule has 2 aromatic carbocycles. The highest BCUT2D eigenvalue weighted by molar-refractivity contribution is 6.31. The van der Waals surface area contributed by atoms with Crippen LogP contribution < -0.4 is 15.0 Å². The lowest BCUT2D eigenvalue weighted by Gasteiger charge is -2.23. The van der Waals surface area contributed by atoms with E-state index in [4.69, 9.17) is 16.3 Å². The maximum Gasteiger partial charge on any atom is 0.240 e. The molecule has 2 rings (SSSR count). The van der Waals surface area contributed by atoms with E-state index in [1.807, 2.05) is 31.2 Å². The number of hydrogen-bond donors (Lipinski definition) is 1. The van der Waals surface area contributed by atoms with Crippen LogP contribution in [0.25, 0.3) is 0 Å². The Balaban J connectivity index is 2.02. The number of nitrogens with one attached hydrogen (secondary N) is 1. The molecule has 0 atom stereocenters. The molecule has 2 aromatic rings. The highest BCUT2D eigenvalue weighted by Crippen LogP contribution is 2.26. The van der Waals surface area contributed by atoms with E-state index < -0.39 is 0 Å². The number of carbonyl (C=O) groups is 2. The maximum absolute atomic E-state index is 12.3. The molecule has 0 bridgehead atoms. The number of amides is 2. The predicted octanol–water partition coefficient (Wildman–Crippen LogP) is 3.33. The summed E-state index contributed by atoms with van der Waals surface area (Å²) in [4.78, 5) is 25.7. The Morgan fingerprint density at radius 1 is 1.16 bits per heavy atom. The van der Waals surface area contributed by atoms with Gasteiger partial charge in [0.1, 0.15) is 12.3 Å². The maximum atomic E-state index is 12.3. The fraction of sp³-hybridized carbons (Fsp3) is 0.263. The van der Waals surface area contributed by atoms with E-state index in [-0.39, 0.29) is 18.4 Å². The number of carbonyl (C=O) groups excluding carboxylic acids is 2. The fourth-order valence-corrected chi connectivity index (χ4v) is 2.57. The highest BCUT2D eigenvalue weighted by Gasteiger charge is 2.18. The second-order valence-corrected chi connectivity index (χ2v) is 6.02. The van der Waals surface area contributed by atoms with Crippen molar-refractivity contribution in [1.29, 1.82) is 0 Å². The standard InChI is InChI=1S/C19H21ClN2O3/c1-13-17(20)5-4-6-18(13)22(14(2)23)12-19(24)21-11-15-7-9-16(25-3)10-8-15/h4-10H,11-12H2,1-3H3,(H,21,24). The molecule has 0 saturated carbocycles. The zero-order valence-corrected chi connectivity index (χ0v) is 15.3. The van der Waals surface area contributed by atoms with Crippen LogP contribution in [-0.4, -0.2) is 25.5 Å². The molecule has 5 nitrogen and oxygen atoms in total. The monoisotopic (exact) mass is 360 g/mol. The van der Waals surface area contributed by atoms with Crippen LogP contribution in [0.3, 0.4) is 0 Å². The molecule has 0 unspecified atom stereocenters. The van der Waals surface area contributed by atoms with Crippen LogP contribution in [0.5, 0.6) is 5.75 Å². The van der Waals surface area contributed by atoms with E-state index >= 15 is 0 Å². The van der Waals surface area contributed by atoms with E-state index in [0.29, 0.717) is 17.3 Å². The van der Waals surface area contributed by atoms with Crippen molar-refractivity contribution < 1.29 is 14.3 Å². The number of halogens is 1. The first kappa shape index (κ1) is 18.8. The topological polar surface area (TPSA) is 58.6 Å². The minimum absolute atomic E-state index is 0.0628. The van der Waals surface area contributed by atoms with Gasteiger partial charge < -0.3 is 15.0 Å². The second-order valence-electron chi connectivity index (χ2n) is 5.61. The van der Waals surface area contributed by atoms with E-state index in [1.165, 1.54) is 11.8 Å². The number of hydrogen-bond acceptors (Lipinski definition) is 3. The Hall–Kier alpha value is -2.53. The molecule has 0 saturated heterocycles. The molecule has 0 aliphatic heterocycles. The summed E-state index contributed by atoms with van der Waals surface area (Å²) in [6.07, 6.45) is 0. The third-order valence-electron chi connectivity index (χ3n) is 3.86. The number of nitrogens with zero attached hydrogens (tertiary/aromatic N) is 1. The largest absolute Gasteiger partial charge is 0.497 e. The minimum atomic E-state index is -0.245. The van der Waals surface area contributed by atoms with Crippen LogP contribution in [0.4, 0.5) is 5.69 Å². The van der Waals surface area contributed by atoms with Crippen molar-refractivity contribution in [1.82, 2.24) is 5.32 Å². The number of ether oxygens (including phenoxy) is 1. The van der Waals surface area contributed by atoms with Crippen molar-refractivity contribution in [2.75, 3.05) is 18.6 Å². The smallest absolute Gasteiger partial charge is 0.240 e. The second kappa shape index (κ2) is 8.53. The molecular formula is C19H21ClN2O3. The van der Waals surface area contributed by atoms with Crippen molar-refractivity contribution in [3.8, 4) is 5.75 Å². The summed E-state index contributed by atoms with van der Waals surface area (Å²) in [6.45, 7) is 3.57. The normalized spacial score (nSPS) is 10.2. The molecule has 1 N–H and O–H groups in total. The fourth-order valence-electron chi connectivity index (χ4n) is 2.40. The van der Waals surface area contributed by atoms with E-state index in [2.05, 4.69) is 5.32 Å². The first-order valence-electron chi connectivity index (χ1n) is 7.85. The van der Waals surface area contributed by atoms with Crippen molar-refractivity contribution >= 4 is 29.1 Å². The summed E-state index contributed by atoms with van der Waals surface area (Å²) in [5, 5.41) is 3.38. The van der Waals surface area contributed by atoms with Crippen LogP contribution >= 0.6 is 11.6 Å². The minimum Gasteiger partial charge on any atom is -0.497 e. The average Bonchev–Trinajstić information content (AvgIpc) is 2.61. The number of anilines is 1. The molecule has 25 heavy (non-hydrogen) atoms. The third-order valence-corrected chi connectivity index (χ3v) is 4.27. The first-order chi connectivity index (χ1) is 11.9. The molecule has 0 radical (unpaired) electrons. The van der Waals surface area contributed by atoms with Gasteiger partial charge in [0.05, 0.1) is 7.11 Å². The van der Waals surface area contributed by atoms with Crippen LogP contribution in [0, 0.1) is 6.92 Å². The molecular weight excluding hydrogens is 340 g/mol. The van der Waals surface area contributed by atoms with Gasteiger partial charge in [-0.1, -0.05) is 29.8 Å². The molecule has 132 valence electrons. The van der Waals surface area contributed by atoms with Crippen molar-refractivity contribution in [3.05, 3.63) is 58.6 Å². The van der Waals surface area contributed by atoms with Gasteiger partial charge in [-0.2, -0.15) is 0 Å². The molecule has 0 heterocycles. The zero-order chi connectivity index (χ0) is 18.4. The molecule has 2 amide bonds. The lowest BCUT2D eigenvalue weighted by molar-refractivity contribution is -0.123. The lowest BCUT2D eigenvalue weighted by Crippen LogP contribution is -2.40. The van der Waals surface area contributed by atoms with E-state index in [9.17, 15) is 9.59 Å². The van der Waals surface area contributed by atoms with Crippen LogP contribution in [0.1, 0.15) is 18.1 Å². The quantitative estimate of drug-likeness (QED) is 0.859.